The van der Waals surface area contributed by atoms with E-state index in [0.29, 0.717) is 18.0 Å². The van der Waals surface area contributed by atoms with Crippen molar-refractivity contribution in [3.63, 3.8) is 0 Å². The number of nitrogens with zero attached hydrogens (tertiary/aromatic N) is 1. The molecule has 0 spiro atoms. The summed E-state index contributed by atoms with van der Waals surface area (Å²) < 4.78 is 29.1. The summed E-state index contributed by atoms with van der Waals surface area (Å²) in [5.74, 6) is 0.524. The average Bonchev–Trinajstić information content (AvgIpc) is 3.19. The maximum atomic E-state index is 13.7. The number of amides is 1. The molecule has 1 amide bonds. The second-order valence-corrected chi connectivity index (χ2v) is 11.8. The second kappa shape index (κ2) is 8.79. The molecule has 1 aliphatic heterocycles. The Bertz CT molecular complexity index is 967. The smallest absolute Gasteiger partial charge is 0.243 e. The van der Waals surface area contributed by atoms with E-state index in [9.17, 15) is 13.2 Å². The van der Waals surface area contributed by atoms with E-state index in [0.717, 1.165) is 35.5 Å². The van der Waals surface area contributed by atoms with Crippen LogP contribution >= 0.6 is 23.1 Å². The van der Waals surface area contributed by atoms with Crippen molar-refractivity contribution in [1.29, 1.82) is 0 Å². The molecule has 0 saturated heterocycles. The predicted octanol–water partition coefficient (Wildman–Crippen LogP) is 4.95. The summed E-state index contributed by atoms with van der Waals surface area (Å²) in [6.45, 7) is 2.29. The van der Waals surface area contributed by atoms with E-state index in [4.69, 9.17) is 0 Å². The number of benzene rings is 1. The number of rotatable bonds is 5. The molecular formula is C21H26N2O3S3. The number of carbonyl (C=O) groups is 1. The standard InChI is InChI=1S/C21H26N2O3S3/c1-15-14-28-20-10-9-18(12-19(20)22-21(15)24)29(25,26)23(13-17-8-5-11-27-17)16-6-3-2-4-7-16/h5,8-12,15-16H,2-4,6-7,13-14H2,1H3,(H,22,24). The lowest BCUT2D eigenvalue weighted by atomic mass is 9.95. The number of thioether (sulfide) groups is 1. The van der Waals surface area contributed by atoms with Crippen LogP contribution in [0.25, 0.3) is 0 Å². The summed E-state index contributed by atoms with van der Waals surface area (Å²) in [4.78, 5) is 14.5. The first kappa shape index (κ1) is 20.9. The Morgan fingerprint density at radius 2 is 1.97 bits per heavy atom. The maximum absolute atomic E-state index is 13.7. The van der Waals surface area contributed by atoms with Gasteiger partial charge in [-0.3, -0.25) is 4.79 Å². The van der Waals surface area contributed by atoms with Gasteiger partial charge in [0.25, 0.3) is 0 Å². The third-order valence-corrected chi connectivity index (χ3v) is 9.71. The van der Waals surface area contributed by atoms with Crippen molar-refractivity contribution in [3.05, 3.63) is 40.6 Å². The number of nitrogens with one attached hydrogen (secondary N) is 1. The predicted molar refractivity (Wildman–Crippen MR) is 119 cm³/mol. The number of hydrogen-bond donors (Lipinski definition) is 1. The highest BCUT2D eigenvalue weighted by atomic mass is 32.2. The molecule has 1 unspecified atom stereocenters. The van der Waals surface area contributed by atoms with E-state index >= 15 is 0 Å². The molecule has 1 aromatic heterocycles. The molecule has 1 aliphatic carbocycles. The number of carbonyl (C=O) groups excluding carboxylic acids is 1. The first-order valence-electron chi connectivity index (χ1n) is 10.1. The van der Waals surface area contributed by atoms with Crippen molar-refractivity contribution in [2.24, 2.45) is 5.92 Å². The van der Waals surface area contributed by atoms with Crippen molar-refractivity contribution in [3.8, 4) is 0 Å². The Hall–Kier alpha value is -1.35. The molecule has 2 aliphatic rings. The second-order valence-electron chi connectivity index (χ2n) is 7.78. The summed E-state index contributed by atoms with van der Waals surface area (Å²) >= 11 is 3.18. The minimum absolute atomic E-state index is 0.0265. The SMILES string of the molecule is CC1CSc2ccc(S(=O)(=O)N(Cc3cccs3)C3CCCCC3)cc2NC1=O. The first-order chi connectivity index (χ1) is 13.9. The summed E-state index contributed by atoms with van der Waals surface area (Å²) in [6, 6.07) is 9.13. The average molecular weight is 451 g/mol. The molecule has 1 atom stereocenters. The van der Waals surface area contributed by atoms with Crippen molar-refractivity contribution >= 4 is 44.7 Å². The number of fused-ring (bicyclic) bond motifs is 1. The number of sulfonamides is 1. The third kappa shape index (κ3) is 4.55. The molecule has 8 heteroatoms. The van der Waals surface area contributed by atoms with Gasteiger partial charge in [-0.15, -0.1) is 23.1 Å². The topological polar surface area (TPSA) is 66.5 Å². The van der Waals surface area contributed by atoms with Gasteiger partial charge in [-0.2, -0.15) is 4.31 Å². The molecule has 1 N–H and O–H groups in total. The van der Waals surface area contributed by atoms with E-state index in [2.05, 4.69) is 5.32 Å². The summed E-state index contributed by atoms with van der Waals surface area (Å²) in [7, 11) is -3.67. The number of anilines is 1. The molecule has 1 fully saturated rings. The van der Waals surface area contributed by atoms with Crippen LogP contribution in [-0.4, -0.2) is 30.4 Å². The van der Waals surface area contributed by atoms with Crippen LogP contribution in [0.4, 0.5) is 5.69 Å². The Balaban J connectivity index is 1.68. The number of thiophene rings is 1. The highest BCUT2D eigenvalue weighted by molar-refractivity contribution is 7.99. The van der Waals surface area contributed by atoms with Gasteiger partial charge < -0.3 is 5.32 Å². The molecule has 0 radical (unpaired) electrons. The molecule has 0 bridgehead atoms. The summed E-state index contributed by atoms with van der Waals surface area (Å²) in [5.41, 5.74) is 0.602. The van der Waals surface area contributed by atoms with Crippen LogP contribution in [0.15, 0.2) is 45.5 Å². The van der Waals surface area contributed by atoms with Crippen LogP contribution in [0.3, 0.4) is 0 Å². The molecule has 5 nitrogen and oxygen atoms in total. The fourth-order valence-electron chi connectivity index (χ4n) is 3.91. The van der Waals surface area contributed by atoms with E-state index < -0.39 is 10.0 Å². The highest BCUT2D eigenvalue weighted by Crippen LogP contribution is 2.36. The molecular weight excluding hydrogens is 424 g/mol. The van der Waals surface area contributed by atoms with Gasteiger partial charge in [0.15, 0.2) is 0 Å². The van der Waals surface area contributed by atoms with Crippen LogP contribution in [0.5, 0.6) is 0 Å². The fourth-order valence-corrected chi connectivity index (χ4v) is 7.40. The minimum Gasteiger partial charge on any atom is -0.325 e. The lowest BCUT2D eigenvalue weighted by Crippen LogP contribution is -2.40. The molecule has 1 saturated carbocycles. The summed E-state index contributed by atoms with van der Waals surface area (Å²) in [5, 5.41) is 4.89. The third-order valence-electron chi connectivity index (χ3n) is 5.63. The van der Waals surface area contributed by atoms with Crippen molar-refractivity contribution in [2.45, 2.75) is 61.4 Å². The highest BCUT2D eigenvalue weighted by Gasteiger charge is 2.33. The van der Waals surface area contributed by atoms with Crippen molar-refractivity contribution in [1.82, 2.24) is 4.31 Å². The van der Waals surface area contributed by atoms with Crippen molar-refractivity contribution < 1.29 is 13.2 Å². The first-order valence-corrected chi connectivity index (χ1v) is 13.4. The van der Waals surface area contributed by atoms with Gasteiger partial charge in [0.1, 0.15) is 0 Å². The van der Waals surface area contributed by atoms with Crippen LogP contribution in [0.2, 0.25) is 0 Å². The van der Waals surface area contributed by atoms with E-state index in [-0.39, 0.29) is 22.8 Å². The molecule has 2 heterocycles. The Kier molecular flexibility index (Phi) is 6.34. The summed E-state index contributed by atoms with van der Waals surface area (Å²) in [6.07, 6.45) is 5.11. The fraction of sp³-hybridized carbons (Fsp3) is 0.476. The Morgan fingerprint density at radius 3 is 2.69 bits per heavy atom. The lowest BCUT2D eigenvalue weighted by Gasteiger charge is -2.33. The largest absolute Gasteiger partial charge is 0.325 e. The Labute approximate surface area is 180 Å². The molecule has 156 valence electrons. The van der Waals surface area contributed by atoms with Crippen LogP contribution in [0, 0.1) is 5.92 Å². The van der Waals surface area contributed by atoms with E-state index in [1.54, 1.807) is 39.5 Å². The normalized spacial score (nSPS) is 20.9. The minimum atomic E-state index is -3.67. The molecule has 1 aromatic carbocycles. The zero-order valence-electron chi connectivity index (χ0n) is 16.5. The zero-order valence-corrected chi connectivity index (χ0v) is 18.9. The maximum Gasteiger partial charge on any atom is 0.243 e. The molecule has 2 aromatic rings. The monoisotopic (exact) mass is 450 g/mol. The molecule has 29 heavy (non-hydrogen) atoms. The van der Waals surface area contributed by atoms with Gasteiger partial charge in [0.2, 0.25) is 15.9 Å². The zero-order chi connectivity index (χ0) is 20.4. The van der Waals surface area contributed by atoms with Gasteiger partial charge in [0, 0.05) is 34.0 Å². The van der Waals surface area contributed by atoms with Crippen LogP contribution in [-0.2, 0) is 21.4 Å². The van der Waals surface area contributed by atoms with Gasteiger partial charge in [-0.1, -0.05) is 32.3 Å². The Morgan fingerprint density at radius 1 is 1.17 bits per heavy atom. The van der Waals surface area contributed by atoms with Gasteiger partial charge >= 0.3 is 0 Å². The molecule has 4 rings (SSSR count). The lowest BCUT2D eigenvalue weighted by molar-refractivity contribution is -0.118. The van der Waals surface area contributed by atoms with E-state index in [1.807, 2.05) is 30.5 Å². The van der Waals surface area contributed by atoms with Gasteiger partial charge in [-0.25, -0.2) is 8.42 Å². The van der Waals surface area contributed by atoms with Gasteiger partial charge in [0.05, 0.1) is 10.6 Å². The number of hydrogen-bond acceptors (Lipinski definition) is 5. The van der Waals surface area contributed by atoms with Gasteiger partial charge in [-0.05, 0) is 42.5 Å². The quantitative estimate of drug-likeness (QED) is 0.700. The van der Waals surface area contributed by atoms with Crippen LogP contribution < -0.4 is 5.32 Å². The van der Waals surface area contributed by atoms with Crippen molar-refractivity contribution in [2.75, 3.05) is 11.1 Å². The van der Waals surface area contributed by atoms with Crippen LogP contribution in [0.1, 0.15) is 43.9 Å². The van der Waals surface area contributed by atoms with E-state index in [1.165, 1.54) is 6.42 Å².